The van der Waals surface area contributed by atoms with E-state index in [-0.39, 0.29) is 6.10 Å². The third-order valence-electron chi connectivity index (χ3n) is 3.00. The molecule has 0 spiro atoms. The van der Waals surface area contributed by atoms with Crippen LogP contribution in [0.2, 0.25) is 0 Å². The largest absolute Gasteiger partial charge is 0.387 e. The van der Waals surface area contributed by atoms with Crippen molar-refractivity contribution in [2.45, 2.75) is 39.3 Å². The third kappa shape index (κ3) is 1.54. The van der Waals surface area contributed by atoms with Crippen LogP contribution in [0, 0.1) is 0 Å². The van der Waals surface area contributed by atoms with Crippen molar-refractivity contribution in [2.75, 3.05) is 13.6 Å². The molecule has 1 heterocycles. The maximum Gasteiger partial charge on any atom is 0.0877 e. The molecule has 0 aromatic carbocycles. The van der Waals surface area contributed by atoms with E-state index in [9.17, 15) is 5.11 Å². The van der Waals surface area contributed by atoms with Crippen LogP contribution >= 0.6 is 0 Å². The predicted octanol–water partition coefficient (Wildman–Crippen LogP) is 1.41. The number of rotatable bonds is 1. The molecule has 0 saturated heterocycles. The molecular formula is C10H19NO. The number of likely N-dealkylation sites (N-methyl/N-ethyl adjacent to an activating group) is 1. The van der Waals surface area contributed by atoms with Gasteiger partial charge in [-0.15, -0.1) is 0 Å². The Hall–Kier alpha value is -0.340. The Balaban J connectivity index is 2.89. The van der Waals surface area contributed by atoms with E-state index < -0.39 is 0 Å². The highest BCUT2D eigenvalue weighted by atomic mass is 16.3. The number of hydrogen-bond acceptors (Lipinski definition) is 2. The maximum absolute atomic E-state index is 9.63. The summed E-state index contributed by atoms with van der Waals surface area (Å²) in [6.45, 7) is 7.13. The summed E-state index contributed by atoms with van der Waals surface area (Å²) in [4.78, 5) is 2.23. The van der Waals surface area contributed by atoms with Crippen LogP contribution in [0.15, 0.2) is 11.1 Å². The lowest BCUT2D eigenvalue weighted by molar-refractivity contribution is 0.117. The summed E-state index contributed by atoms with van der Waals surface area (Å²) in [5, 5.41) is 9.63. The molecule has 0 unspecified atom stereocenters. The van der Waals surface area contributed by atoms with Gasteiger partial charge in [-0.25, -0.2) is 0 Å². The van der Waals surface area contributed by atoms with Crippen molar-refractivity contribution in [3.05, 3.63) is 11.1 Å². The first-order valence-corrected chi connectivity index (χ1v) is 4.63. The van der Waals surface area contributed by atoms with Gasteiger partial charge in [0.1, 0.15) is 0 Å². The second-order valence-corrected chi connectivity index (χ2v) is 3.75. The fourth-order valence-electron chi connectivity index (χ4n) is 2.01. The van der Waals surface area contributed by atoms with Crippen LogP contribution in [-0.4, -0.2) is 35.7 Å². The Labute approximate surface area is 74.9 Å². The van der Waals surface area contributed by atoms with Crippen molar-refractivity contribution in [1.82, 2.24) is 4.90 Å². The minimum atomic E-state index is -0.252. The van der Waals surface area contributed by atoms with Gasteiger partial charge in [0.15, 0.2) is 0 Å². The molecule has 0 aromatic heterocycles. The average molecular weight is 169 g/mol. The van der Waals surface area contributed by atoms with Gasteiger partial charge in [0.2, 0.25) is 0 Å². The molecule has 1 aliphatic rings. The number of hydrogen-bond donors (Lipinski definition) is 1. The SMILES string of the molecule is CC[C@@H]1C(C)=C(C)[C@H](O)CN1C. The first-order chi connectivity index (χ1) is 5.57. The Morgan fingerprint density at radius 3 is 2.50 bits per heavy atom. The Morgan fingerprint density at radius 1 is 1.42 bits per heavy atom. The molecule has 2 atom stereocenters. The van der Waals surface area contributed by atoms with E-state index in [1.807, 2.05) is 6.92 Å². The zero-order chi connectivity index (χ0) is 9.30. The van der Waals surface area contributed by atoms with Crippen LogP contribution in [0.1, 0.15) is 27.2 Å². The molecule has 0 aromatic rings. The number of β-amino-alcohol motifs (C(OH)–C–C–N with tert-alkyl or cyclic N) is 1. The van der Waals surface area contributed by atoms with Crippen LogP contribution in [-0.2, 0) is 0 Å². The van der Waals surface area contributed by atoms with Gasteiger partial charge in [0.05, 0.1) is 6.10 Å². The summed E-state index contributed by atoms with van der Waals surface area (Å²) in [5.41, 5.74) is 2.51. The summed E-state index contributed by atoms with van der Waals surface area (Å²) < 4.78 is 0. The summed E-state index contributed by atoms with van der Waals surface area (Å²) >= 11 is 0. The van der Waals surface area contributed by atoms with Crippen LogP contribution in [0.3, 0.4) is 0 Å². The standard InChI is InChI=1S/C10H19NO/c1-5-9-7(2)8(3)10(12)6-11(9)4/h9-10,12H,5-6H2,1-4H3/t9-,10-/m1/s1. The molecule has 1 aliphatic heterocycles. The molecule has 1 N–H and O–H groups in total. The Morgan fingerprint density at radius 2 is 2.00 bits per heavy atom. The van der Waals surface area contributed by atoms with Crippen molar-refractivity contribution in [2.24, 2.45) is 0 Å². The normalized spacial score (nSPS) is 32.8. The lowest BCUT2D eigenvalue weighted by Gasteiger charge is -2.36. The molecular weight excluding hydrogens is 150 g/mol. The predicted molar refractivity (Wildman–Crippen MR) is 51.1 cm³/mol. The minimum absolute atomic E-state index is 0.252. The van der Waals surface area contributed by atoms with Gasteiger partial charge in [-0.05, 0) is 32.9 Å². The lowest BCUT2D eigenvalue weighted by atomic mass is 9.92. The van der Waals surface area contributed by atoms with Gasteiger partial charge in [0, 0.05) is 12.6 Å². The highest BCUT2D eigenvalue weighted by Crippen LogP contribution is 2.24. The highest BCUT2D eigenvalue weighted by Gasteiger charge is 2.26. The molecule has 0 saturated carbocycles. The number of aliphatic hydroxyl groups excluding tert-OH is 1. The second-order valence-electron chi connectivity index (χ2n) is 3.75. The molecule has 12 heavy (non-hydrogen) atoms. The summed E-state index contributed by atoms with van der Waals surface area (Å²) in [6.07, 6.45) is 0.879. The van der Waals surface area contributed by atoms with Gasteiger partial charge in [-0.1, -0.05) is 12.5 Å². The fraction of sp³-hybridized carbons (Fsp3) is 0.800. The first-order valence-electron chi connectivity index (χ1n) is 4.63. The van der Waals surface area contributed by atoms with E-state index in [0.717, 1.165) is 13.0 Å². The summed E-state index contributed by atoms with van der Waals surface area (Å²) in [7, 11) is 2.08. The molecule has 2 heteroatoms. The molecule has 0 bridgehead atoms. The third-order valence-corrected chi connectivity index (χ3v) is 3.00. The Bertz CT molecular complexity index is 198. The first kappa shape index (κ1) is 9.75. The van der Waals surface area contributed by atoms with Crippen molar-refractivity contribution in [1.29, 1.82) is 0 Å². The van der Waals surface area contributed by atoms with E-state index in [4.69, 9.17) is 0 Å². The molecule has 0 radical (unpaired) electrons. The number of nitrogens with zero attached hydrogens (tertiary/aromatic N) is 1. The summed E-state index contributed by atoms with van der Waals surface area (Å²) in [5.74, 6) is 0. The molecule has 70 valence electrons. The van der Waals surface area contributed by atoms with E-state index in [1.54, 1.807) is 0 Å². The van der Waals surface area contributed by atoms with Crippen LogP contribution < -0.4 is 0 Å². The Kier molecular flexibility index (Phi) is 2.91. The van der Waals surface area contributed by atoms with Gasteiger partial charge in [0.25, 0.3) is 0 Å². The van der Waals surface area contributed by atoms with E-state index in [2.05, 4.69) is 25.8 Å². The van der Waals surface area contributed by atoms with E-state index in [1.165, 1.54) is 11.1 Å². The summed E-state index contributed by atoms with van der Waals surface area (Å²) in [6, 6.07) is 0.536. The zero-order valence-electron chi connectivity index (χ0n) is 8.46. The van der Waals surface area contributed by atoms with Crippen LogP contribution in [0.25, 0.3) is 0 Å². The van der Waals surface area contributed by atoms with Crippen molar-refractivity contribution >= 4 is 0 Å². The monoisotopic (exact) mass is 169 g/mol. The van der Waals surface area contributed by atoms with Crippen molar-refractivity contribution in [3.63, 3.8) is 0 Å². The average Bonchev–Trinajstić information content (AvgIpc) is 2.01. The van der Waals surface area contributed by atoms with Crippen LogP contribution in [0.5, 0.6) is 0 Å². The second kappa shape index (κ2) is 3.58. The lowest BCUT2D eigenvalue weighted by Crippen LogP contribution is -2.43. The molecule has 0 fully saturated rings. The number of aliphatic hydroxyl groups is 1. The van der Waals surface area contributed by atoms with Crippen molar-refractivity contribution < 1.29 is 5.11 Å². The van der Waals surface area contributed by atoms with Crippen molar-refractivity contribution in [3.8, 4) is 0 Å². The molecule has 2 nitrogen and oxygen atoms in total. The van der Waals surface area contributed by atoms with Gasteiger partial charge < -0.3 is 5.11 Å². The minimum Gasteiger partial charge on any atom is -0.387 e. The zero-order valence-corrected chi connectivity index (χ0v) is 8.46. The van der Waals surface area contributed by atoms with Gasteiger partial charge in [-0.2, -0.15) is 0 Å². The van der Waals surface area contributed by atoms with E-state index in [0.29, 0.717) is 6.04 Å². The van der Waals surface area contributed by atoms with Crippen LogP contribution in [0.4, 0.5) is 0 Å². The molecule has 1 rings (SSSR count). The smallest absolute Gasteiger partial charge is 0.0877 e. The van der Waals surface area contributed by atoms with Gasteiger partial charge >= 0.3 is 0 Å². The fourth-order valence-corrected chi connectivity index (χ4v) is 2.01. The maximum atomic E-state index is 9.63. The topological polar surface area (TPSA) is 23.5 Å². The molecule has 0 amide bonds. The highest BCUT2D eigenvalue weighted by molar-refractivity contribution is 5.23. The van der Waals surface area contributed by atoms with Gasteiger partial charge in [-0.3, -0.25) is 4.90 Å². The van der Waals surface area contributed by atoms with E-state index >= 15 is 0 Å². The molecule has 0 aliphatic carbocycles. The quantitative estimate of drug-likeness (QED) is 0.600.